The molecule has 8 heteroatoms. The number of likely N-dealkylation sites (tertiary alicyclic amines) is 1. The Kier molecular flexibility index (Phi) is 5.32. The molecular weight excluding hydrogens is 266 g/mol. The Balaban J connectivity index is 2.91. The van der Waals surface area contributed by atoms with Crippen LogP contribution >= 0.6 is 0 Å². The molecule has 1 aliphatic rings. The summed E-state index contributed by atoms with van der Waals surface area (Å²) in [5.74, 6) is -1.72. The molecule has 2 unspecified atom stereocenters. The molecule has 8 nitrogen and oxygen atoms in total. The Morgan fingerprint density at radius 1 is 1.45 bits per heavy atom. The van der Waals surface area contributed by atoms with Crippen molar-refractivity contribution in [1.82, 2.24) is 9.80 Å². The zero-order valence-corrected chi connectivity index (χ0v) is 11.9. The van der Waals surface area contributed by atoms with Crippen LogP contribution in [-0.2, 0) is 14.3 Å². The second-order valence-electron chi connectivity index (χ2n) is 5.07. The van der Waals surface area contributed by atoms with E-state index in [1.807, 2.05) is 0 Å². The lowest BCUT2D eigenvalue weighted by atomic mass is 10.2. The summed E-state index contributed by atoms with van der Waals surface area (Å²) in [7, 11) is 1.47. The van der Waals surface area contributed by atoms with Crippen LogP contribution in [0, 0.1) is 0 Å². The topological polar surface area (TPSA) is 113 Å². The number of methoxy groups -OCH3 is 1. The van der Waals surface area contributed by atoms with Crippen molar-refractivity contribution < 1.29 is 24.2 Å². The zero-order chi connectivity index (χ0) is 15.4. The number of primary amides is 1. The lowest BCUT2D eigenvalue weighted by Crippen LogP contribution is -2.52. The minimum Gasteiger partial charge on any atom is -0.480 e. The molecule has 3 N–H and O–H groups in total. The van der Waals surface area contributed by atoms with E-state index < -0.39 is 23.9 Å². The number of ether oxygens (including phenoxy) is 1. The predicted octanol–water partition coefficient (Wildman–Crippen LogP) is -0.524. The number of urea groups is 1. The van der Waals surface area contributed by atoms with Crippen molar-refractivity contribution in [2.24, 2.45) is 5.73 Å². The van der Waals surface area contributed by atoms with Gasteiger partial charge in [-0.05, 0) is 13.8 Å². The summed E-state index contributed by atoms with van der Waals surface area (Å²) < 4.78 is 5.13. The summed E-state index contributed by atoms with van der Waals surface area (Å²) in [6.07, 6.45) is -0.0808. The summed E-state index contributed by atoms with van der Waals surface area (Å²) in [6.45, 7) is 3.42. The molecule has 114 valence electrons. The van der Waals surface area contributed by atoms with E-state index in [2.05, 4.69) is 0 Å². The average molecular weight is 287 g/mol. The first-order valence-electron chi connectivity index (χ1n) is 6.39. The van der Waals surface area contributed by atoms with E-state index in [9.17, 15) is 19.5 Å². The quantitative estimate of drug-likeness (QED) is 0.706. The number of aliphatic carboxylic acids is 1. The highest BCUT2D eigenvalue weighted by Crippen LogP contribution is 2.22. The lowest BCUT2D eigenvalue weighted by Gasteiger charge is -2.32. The van der Waals surface area contributed by atoms with Crippen LogP contribution in [0.1, 0.15) is 20.3 Å². The van der Waals surface area contributed by atoms with Crippen molar-refractivity contribution in [3.8, 4) is 0 Å². The first-order chi connectivity index (χ1) is 9.27. The number of nitrogens with zero attached hydrogens (tertiary/aromatic N) is 2. The largest absolute Gasteiger partial charge is 0.480 e. The SMILES string of the molecule is COC1CC(C(=O)O)N(C(=O)N(CC(N)=O)C(C)C)C1. The van der Waals surface area contributed by atoms with E-state index in [0.717, 1.165) is 0 Å². The van der Waals surface area contributed by atoms with Crippen molar-refractivity contribution in [3.63, 3.8) is 0 Å². The summed E-state index contributed by atoms with van der Waals surface area (Å²) in [6, 6.07) is -1.71. The number of hydrogen-bond donors (Lipinski definition) is 2. The third-order valence-corrected chi connectivity index (χ3v) is 3.32. The molecule has 1 fully saturated rings. The fourth-order valence-electron chi connectivity index (χ4n) is 2.22. The molecule has 3 amide bonds. The van der Waals surface area contributed by atoms with Crippen LogP contribution < -0.4 is 5.73 Å². The molecule has 1 aliphatic heterocycles. The number of carbonyl (C=O) groups excluding carboxylic acids is 2. The third-order valence-electron chi connectivity index (χ3n) is 3.32. The normalized spacial score (nSPS) is 22.1. The molecule has 0 aromatic heterocycles. The van der Waals surface area contributed by atoms with Crippen LogP contribution in [0.25, 0.3) is 0 Å². The van der Waals surface area contributed by atoms with E-state index >= 15 is 0 Å². The molecule has 0 aliphatic carbocycles. The standard InChI is InChI=1S/C12H21N3O5/c1-7(2)14(6-10(13)16)12(19)15-5-8(20-3)4-9(15)11(17)18/h7-9H,4-6H2,1-3H3,(H2,13,16)(H,17,18). The van der Waals surface area contributed by atoms with Gasteiger partial charge in [0.1, 0.15) is 12.6 Å². The molecule has 1 rings (SSSR count). The number of carbonyl (C=O) groups is 3. The molecule has 0 aromatic rings. The lowest BCUT2D eigenvalue weighted by molar-refractivity contribution is -0.141. The van der Waals surface area contributed by atoms with Gasteiger partial charge in [0.15, 0.2) is 0 Å². The molecule has 1 saturated heterocycles. The van der Waals surface area contributed by atoms with Gasteiger partial charge in [-0.3, -0.25) is 4.79 Å². The molecule has 0 aromatic carbocycles. The number of carboxylic acid groups (broad SMARTS) is 1. The second-order valence-corrected chi connectivity index (χ2v) is 5.07. The average Bonchev–Trinajstić information content (AvgIpc) is 2.78. The number of rotatable bonds is 5. The third kappa shape index (κ3) is 3.60. The van der Waals surface area contributed by atoms with Gasteiger partial charge in [0.05, 0.1) is 6.10 Å². The van der Waals surface area contributed by atoms with Gasteiger partial charge in [0, 0.05) is 26.1 Å². The predicted molar refractivity (Wildman–Crippen MR) is 70.0 cm³/mol. The molecule has 0 radical (unpaired) electrons. The fraction of sp³-hybridized carbons (Fsp3) is 0.750. The highest BCUT2D eigenvalue weighted by atomic mass is 16.5. The number of nitrogens with two attached hydrogens (primary N) is 1. The summed E-state index contributed by atoms with van der Waals surface area (Å²) in [5.41, 5.74) is 5.12. The van der Waals surface area contributed by atoms with E-state index in [0.29, 0.717) is 0 Å². The van der Waals surface area contributed by atoms with Gasteiger partial charge >= 0.3 is 12.0 Å². The van der Waals surface area contributed by atoms with Crippen molar-refractivity contribution in [2.45, 2.75) is 38.5 Å². The first kappa shape index (κ1) is 16.2. The summed E-state index contributed by atoms with van der Waals surface area (Å²) in [5, 5.41) is 9.19. The summed E-state index contributed by atoms with van der Waals surface area (Å²) >= 11 is 0. The molecule has 0 bridgehead atoms. The van der Waals surface area contributed by atoms with Crippen LogP contribution in [0.15, 0.2) is 0 Å². The second kappa shape index (κ2) is 6.56. The first-order valence-corrected chi connectivity index (χ1v) is 6.39. The van der Waals surface area contributed by atoms with Crippen molar-refractivity contribution in [1.29, 1.82) is 0 Å². The van der Waals surface area contributed by atoms with Crippen LogP contribution in [0.4, 0.5) is 4.79 Å². The van der Waals surface area contributed by atoms with Gasteiger partial charge in [-0.1, -0.05) is 0 Å². The van der Waals surface area contributed by atoms with Crippen molar-refractivity contribution in [2.75, 3.05) is 20.2 Å². The Bertz CT molecular complexity index is 399. The highest BCUT2D eigenvalue weighted by Gasteiger charge is 2.42. The van der Waals surface area contributed by atoms with Crippen LogP contribution in [0.3, 0.4) is 0 Å². The van der Waals surface area contributed by atoms with Gasteiger partial charge in [0.2, 0.25) is 5.91 Å². The molecule has 20 heavy (non-hydrogen) atoms. The Morgan fingerprint density at radius 2 is 2.05 bits per heavy atom. The van der Waals surface area contributed by atoms with Crippen LogP contribution in [0.2, 0.25) is 0 Å². The molecule has 2 atom stereocenters. The molecule has 1 heterocycles. The maximum absolute atomic E-state index is 12.4. The van der Waals surface area contributed by atoms with Gasteiger partial charge < -0.3 is 25.4 Å². The zero-order valence-electron chi connectivity index (χ0n) is 11.9. The minimum atomic E-state index is -1.08. The smallest absolute Gasteiger partial charge is 0.326 e. The van der Waals surface area contributed by atoms with Crippen molar-refractivity contribution in [3.05, 3.63) is 0 Å². The number of hydrogen-bond acceptors (Lipinski definition) is 4. The maximum Gasteiger partial charge on any atom is 0.326 e. The van der Waals surface area contributed by atoms with Gasteiger partial charge in [-0.25, -0.2) is 9.59 Å². The van der Waals surface area contributed by atoms with E-state index in [4.69, 9.17) is 10.5 Å². The minimum absolute atomic E-state index is 0.189. The molecule has 0 saturated carbocycles. The Labute approximate surface area is 117 Å². The van der Waals surface area contributed by atoms with Crippen LogP contribution in [-0.4, -0.2) is 71.2 Å². The van der Waals surface area contributed by atoms with Crippen LogP contribution in [0.5, 0.6) is 0 Å². The van der Waals surface area contributed by atoms with Gasteiger partial charge in [0.25, 0.3) is 0 Å². The molecule has 0 spiro atoms. The van der Waals surface area contributed by atoms with E-state index in [1.165, 1.54) is 16.9 Å². The number of carboxylic acids is 1. The summed E-state index contributed by atoms with van der Waals surface area (Å²) in [4.78, 5) is 37.2. The Morgan fingerprint density at radius 3 is 2.45 bits per heavy atom. The Hall–Kier alpha value is -1.83. The van der Waals surface area contributed by atoms with E-state index in [-0.39, 0.29) is 31.7 Å². The van der Waals surface area contributed by atoms with Gasteiger partial charge in [-0.15, -0.1) is 0 Å². The van der Waals surface area contributed by atoms with E-state index in [1.54, 1.807) is 13.8 Å². The van der Waals surface area contributed by atoms with Crippen molar-refractivity contribution >= 4 is 17.9 Å². The molecular formula is C12H21N3O5. The fourth-order valence-corrected chi connectivity index (χ4v) is 2.22. The van der Waals surface area contributed by atoms with Gasteiger partial charge in [-0.2, -0.15) is 0 Å². The highest BCUT2D eigenvalue weighted by molar-refractivity contribution is 5.87. The number of amides is 3. The monoisotopic (exact) mass is 287 g/mol. The maximum atomic E-state index is 12.4.